The molecule has 0 aromatic heterocycles. The van der Waals surface area contributed by atoms with Crippen LogP contribution < -0.4 is 14.8 Å². The lowest BCUT2D eigenvalue weighted by Crippen LogP contribution is -2.26. The molecular weight excluding hydrogens is 356 g/mol. The third kappa shape index (κ3) is 5.49. The molecule has 28 heavy (non-hydrogen) atoms. The Labute approximate surface area is 166 Å². The van der Waals surface area contributed by atoms with Crippen LogP contribution in [0.15, 0.2) is 42.5 Å². The molecule has 0 fully saturated rings. The molecule has 2 rings (SSSR count). The molecule has 2 aromatic rings. The SMILES string of the molecule is CCCCOc1ccc(C(=O)N(C)Cc2ccc(C(=O)NC)cc2)cc1OC. The minimum absolute atomic E-state index is 0.117. The van der Waals surface area contributed by atoms with Crippen molar-refractivity contribution in [1.29, 1.82) is 0 Å². The second-order valence-electron chi connectivity index (χ2n) is 6.50. The Morgan fingerprint density at radius 3 is 2.32 bits per heavy atom. The van der Waals surface area contributed by atoms with E-state index in [0.717, 1.165) is 18.4 Å². The Hall–Kier alpha value is -3.02. The van der Waals surface area contributed by atoms with Crippen LogP contribution in [0.5, 0.6) is 11.5 Å². The predicted molar refractivity (Wildman–Crippen MR) is 109 cm³/mol. The maximum absolute atomic E-state index is 12.8. The first-order valence-electron chi connectivity index (χ1n) is 9.37. The van der Waals surface area contributed by atoms with Gasteiger partial charge in [-0.05, 0) is 42.3 Å². The lowest BCUT2D eigenvalue weighted by Gasteiger charge is -2.19. The highest BCUT2D eigenvalue weighted by atomic mass is 16.5. The van der Waals surface area contributed by atoms with Gasteiger partial charge in [-0.15, -0.1) is 0 Å². The Morgan fingerprint density at radius 2 is 1.71 bits per heavy atom. The minimum atomic E-state index is -0.135. The molecule has 6 nitrogen and oxygen atoms in total. The molecule has 0 atom stereocenters. The summed E-state index contributed by atoms with van der Waals surface area (Å²) in [7, 11) is 4.90. The molecule has 0 aliphatic rings. The fraction of sp³-hybridized carbons (Fsp3) is 0.364. The maximum Gasteiger partial charge on any atom is 0.254 e. The van der Waals surface area contributed by atoms with E-state index in [2.05, 4.69) is 12.2 Å². The topological polar surface area (TPSA) is 67.9 Å². The van der Waals surface area contributed by atoms with Gasteiger partial charge in [0.05, 0.1) is 13.7 Å². The van der Waals surface area contributed by atoms with Gasteiger partial charge < -0.3 is 19.7 Å². The zero-order chi connectivity index (χ0) is 20.5. The van der Waals surface area contributed by atoms with Crippen molar-refractivity contribution in [2.45, 2.75) is 26.3 Å². The summed E-state index contributed by atoms with van der Waals surface area (Å²) in [4.78, 5) is 26.0. The summed E-state index contributed by atoms with van der Waals surface area (Å²) in [5.41, 5.74) is 2.06. The van der Waals surface area contributed by atoms with E-state index in [4.69, 9.17) is 9.47 Å². The van der Waals surface area contributed by atoms with Crippen molar-refractivity contribution >= 4 is 11.8 Å². The van der Waals surface area contributed by atoms with E-state index in [1.165, 1.54) is 0 Å². The molecular formula is C22H28N2O4. The van der Waals surface area contributed by atoms with Crippen molar-refractivity contribution < 1.29 is 19.1 Å². The number of carbonyl (C=O) groups excluding carboxylic acids is 2. The van der Waals surface area contributed by atoms with Crippen molar-refractivity contribution in [3.63, 3.8) is 0 Å². The van der Waals surface area contributed by atoms with Gasteiger partial charge in [0, 0.05) is 31.8 Å². The fourth-order valence-electron chi connectivity index (χ4n) is 2.72. The molecule has 2 amide bonds. The van der Waals surface area contributed by atoms with Gasteiger partial charge in [0.15, 0.2) is 11.5 Å². The second kappa shape index (κ2) is 10.3. The third-order valence-electron chi connectivity index (χ3n) is 4.38. The normalized spacial score (nSPS) is 10.3. The second-order valence-corrected chi connectivity index (χ2v) is 6.50. The molecule has 6 heteroatoms. The maximum atomic E-state index is 12.8. The van der Waals surface area contributed by atoms with Crippen molar-refractivity contribution in [3.05, 3.63) is 59.2 Å². The van der Waals surface area contributed by atoms with Crippen molar-refractivity contribution in [2.75, 3.05) is 27.8 Å². The average Bonchev–Trinajstić information content (AvgIpc) is 2.73. The molecule has 0 saturated carbocycles. The number of unbranched alkanes of at least 4 members (excludes halogenated alkanes) is 1. The number of nitrogens with zero attached hydrogens (tertiary/aromatic N) is 1. The third-order valence-corrected chi connectivity index (χ3v) is 4.38. The summed E-state index contributed by atoms with van der Waals surface area (Å²) in [6.07, 6.45) is 2.01. The number of carbonyl (C=O) groups is 2. The standard InChI is InChI=1S/C22H28N2O4/c1-5-6-13-28-19-12-11-18(14-20(19)27-4)22(26)24(3)15-16-7-9-17(10-8-16)21(25)23-2/h7-12,14H,5-6,13,15H2,1-4H3,(H,23,25). The molecule has 0 saturated heterocycles. The number of hydrogen-bond donors (Lipinski definition) is 1. The van der Waals surface area contributed by atoms with Gasteiger partial charge in [-0.2, -0.15) is 0 Å². The van der Waals surface area contributed by atoms with Crippen LogP contribution in [0, 0.1) is 0 Å². The van der Waals surface area contributed by atoms with Gasteiger partial charge >= 0.3 is 0 Å². The first kappa shape index (κ1) is 21.3. The van der Waals surface area contributed by atoms with Gasteiger partial charge in [-0.25, -0.2) is 0 Å². The molecule has 0 aliphatic heterocycles. The zero-order valence-electron chi connectivity index (χ0n) is 17.0. The fourth-order valence-corrected chi connectivity index (χ4v) is 2.72. The van der Waals surface area contributed by atoms with Crippen LogP contribution in [-0.4, -0.2) is 44.5 Å². The van der Waals surface area contributed by atoms with E-state index in [1.54, 1.807) is 56.4 Å². The summed E-state index contributed by atoms with van der Waals surface area (Å²) < 4.78 is 11.1. The summed E-state index contributed by atoms with van der Waals surface area (Å²) in [5.74, 6) is 0.934. The van der Waals surface area contributed by atoms with Crippen LogP contribution in [0.2, 0.25) is 0 Å². The largest absolute Gasteiger partial charge is 0.493 e. The number of benzene rings is 2. The number of methoxy groups -OCH3 is 1. The summed E-state index contributed by atoms with van der Waals surface area (Å²) in [6.45, 7) is 3.15. The first-order chi connectivity index (χ1) is 13.5. The van der Waals surface area contributed by atoms with Crippen LogP contribution in [0.25, 0.3) is 0 Å². The lowest BCUT2D eigenvalue weighted by atomic mass is 10.1. The van der Waals surface area contributed by atoms with Crippen molar-refractivity contribution in [2.24, 2.45) is 0 Å². The molecule has 0 bridgehead atoms. The van der Waals surface area contributed by atoms with Crippen LogP contribution >= 0.6 is 0 Å². The monoisotopic (exact) mass is 384 g/mol. The quantitative estimate of drug-likeness (QED) is 0.672. The van der Waals surface area contributed by atoms with Crippen LogP contribution in [-0.2, 0) is 6.54 Å². The van der Waals surface area contributed by atoms with Crippen LogP contribution in [0.1, 0.15) is 46.0 Å². The van der Waals surface area contributed by atoms with E-state index >= 15 is 0 Å². The number of rotatable bonds is 9. The van der Waals surface area contributed by atoms with E-state index in [9.17, 15) is 9.59 Å². The molecule has 150 valence electrons. The predicted octanol–water partition coefficient (Wildman–Crippen LogP) is 3.51. The van der Waals surface area contributed by atoms with Crippen molar-refractivity contribution in [3.8, 4) is 11.5 Å². The van der Waals surface area contributed by atoms with E-state index < -0.39 is 0 Å². The van der Waals surface area contributed by atoms with Gasteiger partial charge in [0.2, 0.25) is 0 Å². The highest BCUT2D eigenvalue weighted by molar-refractivity contribution is 5.95. The Balaban J connectivity index is 2.06. The Kier molecular flexibility index (Phi) is 7.87. The number of hydrogen-bond acceptors (Lipinski definition) is 4. The van der Waals surface area contributed by atoms with Crippen LogP contribution in [0.4, 0.5) is 0 Å². The molecule has 0 radical (unpaired) electrons. The Bertz CT molecular complexity index is 803. The van der Waals surface area contributed by atoms with Gasteiger partial charge in [-0.3, -0.25) is 9.59 Å². The van der Waals surface area contributed by atoms with Gasteiger partial charge in [0.1, 0.15) is 0 Å². The molecule has 2 aromatic carbocycles. The van der Waals surface area contributed by atoms with E-state index in [0.29, 0.717) is 35.8 Å². The van der Waals surface area contributed by atoms with Crippen molar-refractivity contribution in [1.82, 2.24) is 10.2 Å². The Morgan fingerprint density at radius 1 is 1.04 bits per heavy atom. The average molecular weight is 384 g/mol. The molecule has 1 N–H and O–H groups in total. The molecule has 0 aliphatic carbocycles. The molecule has 0 heterocycles. The minimum Gasteiger partial charge on any atom is -0.493 e. The summed E-state index contributed by atoms with van der Waals surface area (Å²) in [5, 5.41) is 2.59. The van der Waals surface area contributed by atoms with E-state index in [1.807, 2.05) is 12.1 Å². The number of ether oxygens (including phenoxy) is 2. The highest BCUT2D eigenvalue weighted by Gasteiger charge is 2.15. The van der Waals surface area contributed by atoms with Gasteiger partial charge in [-0.1, -0.05) is 25.5 Å². The summed E-state index contributed by atoms with van der Waals surface area (Å²) in [6, 6.07) is 12.4. The van der Waals surface area contributed by atoms with Gasteiger partial charge in [0.25, 0.3) is 11.8 Å². The smallest absolute Gasteiger partial charge is 0.254 e. The lowest BCUT2D eigenvalue weighted by molar-refractivity contribution is 0.0784. The molecule has 0 spiro atoms. The van der Waals surface area contributed by atoms with Crippen LogP contribution in [0.3, 0.4) is 0 Å². The highest BCUT2D eigenvalue weighted by Crippen LogP contribution is 2.29. The summed E-state index contributed by atoms with van der Waals surface area (Å²) >= 11 is 0. The molecule has 0 unspecified atom stereocenters. The zero-order valence-corrected chi connectivity index (χ0v) is 17.0. The van der Waals surface area contributed by atoms with E-state index in [-0.39, 0.29) is 11.8 Å². The first-order valence-corrected chi connectivity index (χ1v) is 9.37. The number of amides is 2. The number of nitrogens with one attached hydrogen (secondary N) is 1.